The van der Waals surface area contributed by atoms with Gasteiger partial charge in [0.1, 0.15) is 12.3 Å². The molecule has 2 aromatic heterocycles. The van der Waals surface area contributed by atoms with Gasteiger partial charge < -0.3 is 10.1 Å². The monoisotopic (exact) mass is 336 g/mol. The molecule has 0 radical (unpaired) electrons. The van der Waals surface area contributed by atoms with Crippen molar-refractivity contribution in [3.8, 4) is 17.0 Å². The Balaban J connectivity index is 1.54. The van der Waals surface area contributed by atoms with Crippen LogP contribution in [0.2, 0.25) is 0 Å². The number of nitrogens with zero attached hydrogens (tertiary/aromatic N) is 3. The van der Waals surface area contributed by atoms with E-state index in [4.69, 9.17) is 4.74 Å². The first kappa shape index (κ1) is 16.7. The predicted molar refractivity (Wildman–Crippen MR) is 95.2 cm³/mol. The minimum absolute atomic E-state index is 0.0677. The molecule has 25 heavy (non-hydrogen) atoms. The summed E-state index contributed by atoms with van der Waals surface area (Å²) < 4.78 is 6.89. The molecule has 2 heterocycles. The van der Waals surface area contributed by atoms with Crippen molar-refractivity contribution in [1.82, 2.24) is 20.1 Å². The summed E-state index contributed by atoms with van der Waals surface area (Å²) >= 11 is 0. The van der Waals surface area contributed by atoms with Crippen LogP contribution in [-0.4, -0.2) is 34.3 Å². The first-order chi connectivity index (χ1) is 12.3. The Bertz CT molecular complexity index is 830. The number of ether oxygens (including phenoxy) is 1. The Labute approximate surface area is 146 Å². The van der Waals surface area contributed by atoms with E-state index in [1.54, 1.807) is 30.4 Å². The summed E-state index contributed by atoms with van der Waals surface area (Å²) in [6.45, 7) is 0.751. The lowest BCUT2D eigenvalue weighted by Gasteiger charge is -2.09. The summed E-state index contributed by atoms with van der Waals surface area (Å²) in [5, 5.41) is 7.17. The molecule has 0 bridgehead atoms. The lowest BCUT2D eigenvalue weighted by atomic mass is 10.1. The molecule has 0 unspecified atom stereocenters. The Morgan fingerprint density at radius 1 is 1.16 bits per heavy atom. The van der Waals surface area contributed by atoms with E-state index in [2.05, 4.69) is 15.4 Å². The topological polar surface area (TPSA) is 69.0 Å². The van der Waals surface area contributed by atoms with Crippen molar-refractivity contribution in [2.45, 2.75) is 13.0 Å². The molecule has 0 aliphatic rings. The van der Waals surface area contributed by atoms with Crippen molar-refractivity contribution in [1.29, 1.82) is 0 Å². The second-order valence-corrected chi connectivity index (χ2v) is 5.56. The molecule has 3 aromatic rings. The maximum absolute atomic E-state index is 12.2. The van der Waals surface area contributed by atoms with Gasteiger partial charge in [-0.3, -0.25) is 14.5 Å². The van der Waals surface area contributed by atoms with E-state index in [0.29, 0.717) is 6.54 Å². The number of nitrogens with one attached hydrogen (secondary N) is 1. The first-order valence-corrected chi connectivity index (χ1v) is 8.08. The van der Waals surface area contributed by atoms with Crippen LogP contribution in [0.4, 0.5) is 0 Å². The van der Waals surface area contributed by atoms with Crippen molar-refractivity contribution >= 4 is 5.91 Å². The van der Waals surface area contributed by atoms with Gasteiger partial charge in [0.25, 0.3) is 0 Å². The normalized spacial score (nSPS) is 10.4. The number of methoxy groups -OCH3 is 1. The fourth-order valence-corrected chi connectivity index (χ4v) is 2.59. The van der Waals surface area contributed by atoms with Gasteiger partial charge in [-0.2, -0.15) is 5.10 Å². The van der Waals surface area contributed by atoms with Crippen LogP contribution in [0.5, 0.6) is 5.75 Å². The summed E-state index contributed by atoms with van der Waals surface area (Å²) in [7, 11) is 1.64. The highest BCUT2D eigenvalue weighted by atomic mass is 16.5. The molecule has 0 atom stereocenters. The van der Waals surface area contributed by atoms with Crippen LogP contribution in [0.1, 0.15) is 5.56 Å². The van der Waals surface area contributed by atoms with Gasteiger partial charge in [-0.25, -0.2) is 0 Å². The van der Waals surface area contributed by atoms with Crippen LogP contribution >= 0.6 is 0 Å². The van der Waals surface area contributed by atoms with E-state index >= 15 is 0 Å². The Kier molecular flexibility index (Phi) is 5.41. The van der Waals surface area contributed by atoms with Crippen LogP contribution in [-0.2, 0) is 17.8 Å². The highest BCUT2D eigenvalue weighted by molar-refractivity contribution is 5.76. The molecule has 0 aliphatic carbocycles. The average molecular weight is 336 g/mol. The zero-order valence-electron chi connectivity index (χ0n) is 14.1. The third-order valence-corrected chi connectivity index (χ3v) is 3.86. The quantitative estimate of drug-likeness (QED) is 0.719. The lowest BCUT2D eigenvalue weighted by Crippen LogP contribution is -2.30. The van der Waals surface area contributed by atoms with Gasteiger partial charge in [0, 0.05) is 30.7 Å². The number of hydrogen-bond donors (Lipinski definition) is 1. The fraction of sp³-hybridized carbons (Fsp3) is 0.211. The smallest absolute Gasteiger partial charge is 0.241 e. The molecule has 6 nitrogen and oxygen atoms in total. The lowest BCUT2D eigenvalue weighted by molar-refractivity contribution is -0.121. The molecule has 6 heteroatoms. The van der Waals surface area contributed by atoms with Crippen LogP contribution in [0.15, 0.2) is 61.1 Å². The van der Waals surface area contributed by atoms with E-state index in [9.17, 15) is 4.79 Å². The second-order valence-electron chi connectivity index (χ2n) is 5.56. The fourth-order valence-electron chi connectivity index (χ4n) is 2.59. The minimum atomic E-state index is -0.0677. The van der Waals surface area contributed by atoms with E-state index in [0.717, 1.165) is 29.0 Å². The van der Waals surface area contributed by atoms with Gasteiger partial charge in [0.15, 0.2) is 0 Å². The zero-order valence-corrected chi connectivity index (χ0v) is 14.1. The predicted octanol–water partition coefficient (Wildman–Crippen LogP) is 2.31. The zero-order chi connectivity index (χ0) is 17.5. The molecular formula is C19H20N4O2. The molecule has 1 N–H and O–H groups in total. The largest absolute Gasteiger partial charge is 0.497 e. The van der Waals surface area contributed by atoms with Crippen molar-refractivity contribution in [2.24, 2.45) is 0 Å². The molecule has 0 saturated heterocycles. The molecule has 3 rings (SSSR count). The number of amides is 1. The molecule has 1 aromatic carbocycles. The Morgan fingerprint density at radius 3 is 2.80 bits per heavy atom. The Morgan fingerprint density at radius 2 is 2.00 bits per heavy atom. The third kappa shape index (κ3) is 4.44. The molecule has 0 fully saturated rings. The van der Waals surface area contributed by atoms with E-state index in [1.165, 1.54) is 0 Å². The average Bonchev–Trinajstić information content (AvgIpc) is 3.10. The van der Waals surface area contributed by atoms with Crippen molar-refractivity contribution in [2.75, 3.05) is 13.7 Å². The number of rotatable bonds is 7. The summed E-state index contributed by atoms with van der Waals surface area (Å²) in [6.07, 6.45) is 5.89. The molecular weight excluding hydrogens is 316 g/mol. The van der Waals surface area contributed by atoms with Gasteiger partial charge in [0.2, 0.25) is 5.91 Å². The van der Waals surface area contributed by atoms with Crippen molar-refractivity contribution in [3.63, 3.8) is 0 Å². The Hall–Kier alpha value is -3.15. The van der Waals surface area contributed by atoms with Crippen LogP contribution in [0.3, 0.4) is 0 Å². The number of carbonyl (C=O) groups is 1. The molecule has 0 saturated carbocycles. The van der Waals surface area contributed by atoms with Crippen molar-refractivity contribution < 1.29 is 9.53 Å². The van der Waals surface area contributed by atoms with Crippen LogP contribution < -0.4 is 10.1 Å². The van der Waals surface area contributed by atoms with Gasteiger partial charge in [0.05, 0.1) is 12.8 Å². The van der Waals surface area contributed by atoms with E-state index in [-0.39, 0.29) is 12.5 Å². The number of pyridine rings is 1. The van der Waals surface area contributed by atoms with Crippen LogP contribution in [0, 0.1) is 0 Å². The van der Waals surface area contributed by atoms with Crippen molar-refractivity contribution in [3.05, 3.63) is 66.6 Å². The highest BCUT2D eigenvalue weighted by Gasteiger charge is 2.09. The molecule has 0 spiro atoms. The summed E-state index contributed by atoms with van der Waals surface area (Å²) in [5.74, 6) is 0.754. The maximum Gasteiger partial charge on any atom is 0.241 e. The maximum atomic E-state index is 12.2. The number of benzene rings is 1. The standard InChI is InChI=1S/C19H20N4O2/c1-25-17-4-2-3-15(13-17)5-11-21-19(24)14-23-18(8-12-22-23)16-6-9-20-10-7-16/h2-4,6-10,12-13H,5,11,14H2,1H3,(H,21,24). The molecule has 128 valence electrons. The number of aromatic nitrogens is 3. The molecule has 0 aliphatic heterocycles. The summed E-state index contributed by atoms with van der Waals surface area (Å²) in [5.41, 5.74) is 3.00. The minimum Gasteiger partial charge on any atom is -0.497 e. The third-order valence-electron chi connectivity index (χ3n) is 3.86. The van der Waals surface area contributed by atoms with Gasteiger partial charge >= 0.3 is 0 Å². The number of hydrogen-bond acceptors (Lipinski definition) is 4. The van der Waals surface area contributed by atoms with Gasteiger partial charge in [-0.05, 0) is 42.3 Å². The number of carbonyl (C=O) groups excluding carboxylic acids is 1. The summed E-state index contributed by atoms with van der Waals surface area (Å²) in [4.78, 5) is 16.2. The van der Waals surface area contributed by atoms with Gasteiger partial charge in [-0.1, -0.05) is 12.1 Å². The first-order valence-electron chi connectivity index (χ1n) is 8.08. The van der Waals surface area contributed by atoms with E-state index in [1.807, 2.05) is 42.5 Å². The van der Waals surface area contributed by atoms with Crippen LogP contribution in [0.25, 0.3) is 11.3 Å². The highest BCUT2D eigenvalue weighted by Crippen LogP contribution is 2.17. The van der Waals surface area contributed by atoms with E-state index < -0.39 is 0 Å². The second kappa shape index (κ2) is 8.10. The molecule has 1 amide bonds. The summed E-state index contributed by atoms with van der Waals surface area (Å²) in [6, 6.07) is 13.5. The SMILES string of the molecule is COc1cccc(CCNC(=O)Cn2nccc2-c2ccncc2)c1. The van der Waals surface area contributed by atoms with Gasteiger partial charge in [-0.15, -0.1) is 0 Å².